The summed E-state index contributed by atoms with van der Waals surface area (Å²) in [5.41, 5.74) is 0.111. The molecule has 4 heteroatoms. The fourth-order valence-electron chi connectivity index (χ4n) is 1.11. The first-order valence-electron chi connectivity index (χ1n) is 4.02. The van der Waals surface area contributed by atoms with E-state index in [1.807, 2.05) is 0 Å². The molecule has 0 unspecified atom stereocenters. The zero-order chi connectivity index (χ0) is 10.7. The van der Waals surface area contributed by atoms with E-state index in [0.717, 1.165) is 6.07 Å². The highest BCUT2D eigenvalue weighted by molar-refractivity contribution is 5.88. The van der Waals surface area contributed by atoms with E-state index in [0.29, 0.717) is 0 Å². The number of halogens is 1. The summed E-state index contributed by atoms with van der Waals surface area (Å²) in [6.45, 7) is 1.33. The third-order valence-electron chi connectivity index (χ3n) is 1.73. The molecular formula is C10H9FO3. The van der Waals surface area contributed by atoms with Crippen LogP contribution in [0.2, 0.25) is 0 Å². The molecule has 0 aliphatic rings. The van der Waals surface area contributed by atoms with Crippen LogP contribution in [0.3, 0.4) is 0 Å². The highest BCUT2D eigenvalue weighted by Gasteiger charge is 2.09. The van der Waals surface area contributed by atoms with E-state index in [9.17, 15) is 14.0 Å². The van der Waals surface area contributed by atoms with Crippen LogP contribution in [0.5, 0.6) is 0 Å². The Morgan fingerprint density at radius 2 is 2.07 bits per heavy atom. The van der Waals surface area contributed by atoms with Crippen LogP contribution in [-0.2, 0) is 11.2 Å². The maximum atomic E-state index is 13.0. The number of carboxylic acid groups (broad SMARTS) is 1. The van der Waals surface area contributed by atoms with Crippen LogP contribution in [0.4, 0.5) is 4.39 Å². The Labute approximate surface area is 80.2 Å². The Bertz CT molecular complexity index is 385. The minimum Gasteiger partial charge on any atom is -0.478 e. The van der Waals surface area contributed by atoms with Crippen molar-refractivity contribution in [1.29, 1.82) is 0 Å². The van der Waals surface area contributed by atoms with Gasteiger partial charge in [0.05, 0.1) is 5.56 Å². The lowest BCUT2D eigenvalue weighted by Crippen LogP contribution is -2.03. The van der Waals surface area contributed by atoms with Crippen molar-refractivity contribution in [2.24, 2.45) is 0 Å². The van der Waals surface area contributed by atoms with E-state index in [-0.39, 0.29) is 23.3 Å². The van der Waals surface area contributed by atoms with E-state index >= 15 is 0 Å². The van der Waals surface area contributed by atoms with Gasteiger partial charge in [-0.15, -0.1) is 0 Å². The Morgan fingerprint density at radius 3 is 2.57 bits per heavy atom. The van der Waals surface area contributed by atoms with Crippen molar-refractivity contribution in [1.82, 2.24) is 0 Å². The first-order valence-corrected chi connectivity index (χ1v) is 4.02. The van der Waals surface area contributed by atoms with Crippen LogP contribution in [-0.4, -0.2) is 16.9 Å². The number of hydrogen-bond donors (Lipinski definition) is 1. The third-order valence-corrected chi connectivity index (χ3v) is 1.73. The second-order valence-corrected chi connectivity index (χ2v) is 2.99. The number of carbonyl (C=O) groups is 2. The largest absolute Gasteiger partial charge is 0.478 e. The molecule has 0 bridgehead atoms. The molecule has 0 saturated heterocycles. The van der Waals surface area contributed by atoms with Gasteiger partial charge in [0.15, 0.2) is 0 Å². The topological polar surface area (TPSA) is 54.4 Å². The van der Waals surface area contributed by atoms with Gasteiger partial charge >= 0.3 is 5.97 Å². The van der Waals surface area contributed by atoms with Gasteiger partial charge in [-0.3, -0.25) is 4.79 Å². The predicted octanol–water partition coefficient (Wildman–Crippen LogP) is 1.66. The highest BCUT2D eigenvalue weighted by atomic mass is 19.1. The fraction of sp³-hybridized carbons (Fsp3) is 0.200. The maximum absolute atomic E-state index is 13.0. The van der Waals surface area contributed by atoms with Crippen molar-refractivity contribution in [3.63, 3.8) is 0 Å². The number of hydrogen-bond acceptors (Lipinski definition) is 2. The number of aromatic carboxylic acids is 1. The Hall–Kier alpha value is -1.71. The molecule has 0 atom stereocenters. The van der Waals surface area contributed by atoms with Gasteiger partial charge in [0.25, 0.3) is 0 Å². The van der Waals surface area contributed by atoms with Gasteiger partial charge in [-0.05, 0) is 30.7 Å². The van der Waals surface area contributed by atoms with Crippen molar-refractivity contribution in [3.8, 4) is 0 Å². The summed E-state index contributed by atoms with van der Waals surface area (Å²) in [6.07, 6.45) is -0.0764. The van der Waals surface area contributed by atoms with E-state index < -0.39 is 11.8 Å². The SMILES string of the molecule is CC(=O)Cc1cc(C(=O)O)ccc1F. The van der Waals surface area contributed by atoms with Gasteiger partial charge in [-0.2, -0.15) is 0 Å². The molecule has 0 aliphatic heterocycles. The van der Waals surface area contributed by atoms with Crippen molar-refractivity contribution in [2.45, 2.75) is 13.3 Å². The first-order chi connectivity index (χ1) is 6.50. The molecule has 1 rings (SSSR count). The van der Waals surface area contributed by atoms with E-state index in [2.05, 4.69) is 0 Å². The molecule has 1 aromatic carbocycles. The molecule has 14 heavy (non-hydrogen) atoms. The summed E-state index contributed by atoms with van der Waals surface area (Å²) < 4.78 is 13.0. The van der Waals surface area contributed by atoms with Gasteiger partial charge in [0, 0.05) is 6.42 Å². The average Bonchev–Trinajstić information content (AvgIpc) is 2.07. The summed E-state index contributed by atoms with van der Waals surface area (Å²) in [6, 6.07) is 3.40. The minimum atomic E-state index is -1.13. The summed E-state index contributed by atoms with van der Waals surface area (Å²) in [5, 5.41) is 8.63. The molecule has 0 radical (unpaired) electrons. The quantitative estimate of drug-likeness (QED) is 0.799. The van der Waals surface area contributed by atoms with Crippen molar-refractivity contribution < 1.29 is 19.1 Å². The second kappa shape index (κ2) is 4.00. The Kier molecular flexibility index (Phi) is 2.96. The van der Waals surface area contributed by atoms with Crippen molar-refractivity contribution in [2.75, 3.05) is 0 Å². The number of ketones is 1. The molecule has 74 valence electrons. The summed E-state index contributed by atoms with van der Waals surface area (Å²) in [5.74, 6) is -1.88. The molecule has 0 heterocycles. The molecule has 0 amide bonds. The summed E-state index contributed by atoms with van der Waals surface area (Å²) >= 11 is 0. The Morgan fingerprint density at radius 1 is 1.43 bits per heavy atom. The zero-order valence-electron chi connectivity index (χ0n) is 7.58. The average molecular weight is 196 g/mol. The lowest BCUT2D eigenvalue weighted by Gasteiger charge is -2.01. The standard InChI is InChI=1S/C10H9FO3/c1-6(12)4-8-5-7(10(13)14)2-3-9(8)11/h2-3,5H,4H2,1H3,(H,13,14). The van der Waals surface area contributed by atoms with Crippen LogP contribution < -0.4 is 0 Å². The monoisotopic (exact) mass is 196 g/mol. The van der Waals surface area contributed by atoms with Crippen LogP contribution in [0, 0.1) is 5.82 Å². The molecule has 1 N–H and O–H groups in total. The minimum absolute atomic E-state index is 0.0114. The molecule has 0 aliphatic carbocycles. The molecule has 0 fully saturated rings. The van der Waals surface area contributed by atoms with Crippen molar-refractivity contribution >= 4 is 11.8 Å². The van der Waals surface area contributed by atoms with Gasteiger partial charge in [0.2, 0.25) is 0 Å². The molecule has 0 aromatic heterocycles. The van der Waals surface area contributed by atoms with Gasteiger partial charge < -0.3 is 5.11 Å². The van der Waals surface area contributed by atoms with Gasteiger partial charge in [-0.1, -0.05) is 0 Å². The molecule has 0 saturated carbocycles. The Balaban J connectivity index is 3.08. The first kappa shape index (κ1) is 10.4. The lowest BCUT2D eigenvalue weighted by atomic mass is 10.1. The summed E-state index contributed by atoms with van der Waals surface area (Å²) in [4.78, 5) is 21.3. The van der Waals surface area contributed by atoms with Crippen molar-refractivity contribution in [3.05, 3.63) is 35.1 Å². The van der Waals surface area contributed by atoms with Crippen LogP contribution >= 0.6 is 0 Å². The van der Waals surface area contributed by atoms with E-state index in [1.54, 1.807) is 0 Å². The van der Waals surface area contributed by atoms with E-state index in [1.165, 1.54) is 19.1 Å². The smallest absolute Gasteiger partial charge is 0.335 e. The number of carboxylic acids is 1. The summed E-state index contributed by atoms with van der Waals surface area (Å²) in [7, 11) is 0. The van der Waals surface area contributed by atoms with Crippen LogP contribution in [0.15, 0.2) is 18.2 Å². The molecule has 0 spiro atoms. The third kappa shape index (κ3) is 2.39. The number of carbonyl (C=O) groups excluding carboxylic acids is 1. The van der Waals surface area contributed by atoms with Crippen LogP contribution in [0.1, 0.15) is 22.8 Å². The lowest BCUT2D eigenvalue weighted by molar-refractivity contribution is -0.116. The van der Waals surface area contributed by atoms with Gasteiger partial charge in [-0.25, -0.2) is 9.18 Å². The highest BCUT2D eigenvalue weighted by Crippen LogP contribution is 2.11. The molecular weight excluding hydrogens is 187 g/mol. The number of rotatable bonds is 3. The van der Waals surface area contributed by atoms with E-state index in [4.69, 9.17) is 5.11 Å². The molecule has 3 nitrogen and oxygen atoms in total. The fourth-order valence-corrected chi connectivity index (χ4v) is 1.11. The normalized spacial score (nSPS) is 9.86. The predicted molar refractivity (Wildman–Crippen MR) is 47.7 cm³/mol. The zero-order valence-corrected chi connectivity index (χ0v) is 7.58. The van der Waals surface area contributed by atoms with Crippen LogP contribution in [0.25, 0.3) is 0 Å². The number of benzene rings is 1. The molecule has 1 aromatic rings. The number of Topliss-reactive ketones (excluding diaryl/α,β-unsaturated/α-hetero) is 1. The maximum Gasteiger partial charge on any atom is 0.335 e. The second-order valence-electron chi connectivity index (χ2n) is 2.99. The van der Waals surface area contributed by atoms with Gasteiger partial charge in [0.1, 0.15) is 11.6 Å².